The summed E-state index contributed by atoms with van der Waals surface area (Å²) in [7, 11) is 2.01. The summed E-state index contributed by atoms with van der Waals surface area (Å²) in [6.45, 7) is 6.15. The van der Waals surface area contributed by atoms with E-state index in [0.29, 0.717) is 0 Å². The third-order valence-corrected chi connectivity index (χ3v) is 3.74. The summed E-state index contributed by atoms with van der Waals surface area (Å²) in [4.78, 5) is 11.1. The molecule has 0 saturated heterocycles. The molecular weight excluding hydrogens is 222 g/mol. The highest BCUT2D eigenvalue weighted by Gasteiger charge is 2.15. The summed E-state index contributed by atoms with van der Waals surface area (Å²) in [6, 6.07) is 8.57. The molecule has 0 radical (unpaired) electrons. The number of hydrogen-bond acceptors (Lipinski definition) is 1. The van der Waals surface area contributed by atoms with Crippen molar-refractivity contribution in [2.75, 3.05) is 0 Å². The second-order valence-corrected chi connectivity index (χ2v) is 4.70. The number of hydrogen-bond donors (Lipinski definition) is 0. The average Bonchev–Trinajstić information content (AvgIpc) is 2.60. The lowest BCUT2D eigenvalue weighted by Crippen LogP contribution is -1.95. The Morgan fingerprint density at radius 2 is 1.78 bits per heavy atom. The number of aryl methyl sites for hydroxylation is 1. The van der Waals surface area contributed by atoms with E-state index in [-0.39, 0.29) is 0 Å². The van der Waals surface area contributed by atoms with E-state index in [4.69, 9.17) is 0 Å². The monoisotopic (exact) mass is 241 g/mol. The zero-order chi connectivity index (χ0) is 13.3. The summed E-state index contributed by atoms with van der Waals surface area (Å²) in [5.74, 6) is 0. The first kappa shape index (κ1) is 12.6. The van der Waals surface area contributed by atoms with Crippen LogP contribution in [0.1, 0.15) is 34.1 Å². The highest BCUT2D eigenvalue weighted by molar-refractivity contribution is 5.84. The normalized spacial score (nSPS) is 10.7. The zero-order valence-electron chi connectivity index (χ0n) is 11.4. The molecule has 0 amide bonds. The van der Waals surface area contributed by atoms with Gasteiger partial charge in [0.2, 0.25) is 0 Å². The smallest absolute Gasteiger partial charge is 0.152 e. The van der Waals surface area contributed by atoms with Crippen LogP contribution in [0.5, 0.6) is 0 Å². The lowest BCUT2D eigenvalue weighted by Gasteiger charge is -2.07. The third kappa shape index (κ3) is 1.88. The van der Waals surface area contributed by atoms with Crippen LogP contribution in [-0.2, 0) is 13.5 Å². The predicted molar refractivity (Wildman–Crippen MR) is 75.1 cm³/mol. The van der Waals surface area contributed by atoms with Crippen molar-refractivity contribution in [3.05, 3.63) is 46.6 Å². The molecule has 2 nitrogen and oxygen atoms in total. The van der Waals surface area contributed by atoms with Crippen molar-refractivity contribution in [2.24, 2.45) is 7.05 Å². The van der Waals surface area contributed by atoms with E-state index in [1.165, 1.54) is 11.1 Å². The molecule has 2 heteroatoms. The van der Waals surface area contributed by atoms with Crippen molar-refractivity contribution in [3.8, 4) is 11.3 Å². The fourth-order valence-corrected chi connectivity index (χ4v) is 2.48. The predicted octanol–water partition coefficient (Wildman–Crippen LogP) is 3.68. The fraction of sp³-hybridized carbons (Fsp3) is 0.312. The van der Waals surface area contributed by atoms with E-state index in [1.807, 2.05) is 20.9 Å². The lowest BCUT2D eigenvalue weighted by molar-refractivity contribution is 0.112. The summed E-state index contributed by atoms with van der Waals surface area (Å²) in [5.41, 5.74) is 6.54. The van der Waals surface area contributed by atoms with Gasteiger partial charge in [-0.2, -0.15) is 0 Å². The number of rotatable bonds is 3. The van der Waals surface area contributed by atoms with Gasteiger partial charge >= 0.3 is 0 Å². The van der Waals surface area contributed by atoms with Crippen molar-refractivity contribution in [3.63, 3.8) is 0 Å². The summed E-state index contributed by atoms with van der Waals surface area (Å²) < 4.78 is 2.10. The minimum absolute atomic E-state index is 0.812. The number of nitrogens with zero attached hydrogens (tertiary/aromatic N) is 1. The van der Waals surface area contributed by atoms with Gasteiger partial charge in [-0.05, 0) is 37.0 Å². The van der Waals surface area contributed by atoms with Crippen LogP contribution >= 0.6 is 0 Å². The quantitative estimate of drug-likeness (QED) is 0.751. The fourth-order valence-electron chi connectivity index (χ4n) is 2.48. The minimum Gasteiger partial charge on any atom is -0.347 e. The maximum absolute atomic E-state index is 11.1. The molecule has 0 saturated carbocycles. The van der Waals surface area contributed by atoms with Crippen molar-refractivity contribution in [1.82, 2.24) is 4.57 Å². The van der Waals surface area contributed by atoms with Crippen LogP contribution in [-0.4, -0.2) is 10.9 Å². The molecule has 0 fully saturated rings. The molecule has 0 aliphatic rings. The molecule has 2 rings (SSSR count). The average molecular weight is 241 g/mol. The van der Waals surface area contributed by atoms with Gasteiger partial charge in [-0.3, -0.25) is 4.79 Å². The maximum atomic E-state index is 11.1. The van der Waals surface area contributed by atoms with Gasteiger partial charge in [0.1, 0.15) is 0 Å². The molecule has 18 heavy (non-hydrogen) atoms. The van der Waals surface area contributed by atoms with Gasteiger partial charge in [0, 0.05) is 18.3 Å². The van der Waals surface area contributed by atoms with Gasteiger partial charge in [0.15, 0.2) is 6.29 Å². The molecule has 1 aromatic carbocycles. The molecule has 1 heterocycles. The van der Waals surface area contributed by atoms with Crippen LogP contribution in [0.2, 0.25) is 0 Å². The highest BCUT2D eigenvalue weighted by atomic mass is 16.1. The molecule has 0 bridgehead atoms. The number of aromatic nitrogens is 1. The summed E-state index contributed by atoms with van der Waals surface area (Å²) in [5, 5.41) is 0. The van der Waals surface area contributed by atoms with E-state index < -0.39 is 0 Å². The van der Waals surface area contributed by atoms with Crippen LogP contribution < -0.4 is 0 Å². The molecule has 0 aliphatic heterocycles. The van der Waals surface area contributed by atoms with E-state index in [9.17, 15) is 4.79 Å². The molecule has 1 aromatic heterocycles. The Morgan fingerprint density at radius 3 is 2.22 bits per heavy atom. The van der Waals surface area contributed by atoms with E-state index in [0.717, 1.165) is 35.2 Å². The van der Waals surface area contributed by atoms with Crippen molar-refractivity contribution < 1.29 is 4.79 Å². The Kier molecular flexibility index (Phi) is 3.37. The lowest BCUT2D eigenvalue weighted by atomic mass is 10.0. The Labute approximate surface area is 108 Å². The van der Waals surface area contributed by atoms with Crippen LogP contribution in [0.3, 0.4) is 0 Å². The molecule has 2 aromatic rings. The summed E-state index contributed by atoms with van der Waals surface area (Å²) >= 11 is 0. The van der Waals surface area contributed by atoms with Crippen LogP contribution in [0.15, 0.2) is 24.3 Å². The van der Waals surface area contributed by atoms with Crippen molar-refractivity contribution in [2.45, 2.75) is 27.2 Å². The largest absolute Gasteiger partial charge is 0.347 e. The second kappa shape index (κ2) is 4.81. The van der Waals surface area contributed by atoms with Crippen molar-refractivity contribution in [1.29, 1.82) is 0 Å². The molecule has 0 aliphatic carbocycles. The Bertz CT molecular complexity index is 576. The minimum atomic E-state index is 0.812. The zero-order valence-corrected chi connectivity index (χ0v) is 11.4. The van der Waals surface area contributed by atoms with Crippen LogP contribution in [0, 0.1) is 13.8 Å². The number of carbonyl (C=O) groups is 1. The standard InChI is InChI=1S/C16H19NO/c1-5-13-6-8-14(9-7-13)16-11(2)15(10-18)12(3)17(16)4/h6-10H,5H2,1-4H3. The molecule has 0 unspecified atom stereocenters. The third-order valence-electron chi connectivity index (χ3n) is 3.74. The first-order valence-electron chi connectivity index (χ1n) is 6.30. The number of carbonyl (C=O) groups excluding carboxylic acids is 1. The van der Waals surface area contributed by atoms with Gasteiger partial charge in [0.25, 0.3) is 0 Å². The number of aldehydes is 1. The second-order valence-electron chi connectivity index (χ2n) is 4.70. The van der Waals surface area contributed by atoms with Crippen LogP contribution in [0.25, 0.3) is 11.3 Å². The Morgan fingerprint density at radius 1 is 1.17 bits per heavy atom. The summed E-state index contributed by atoms with van der Waals surface area (Å²) in [6.07, 6.45) is 2.00. The molecule has 0 atom stereocenters. The van der Waals surface area contributed by atoms with Gasteiger partial charge in [-0.15, -0.1) is 0 Å². The van der Waals surface area contributed by atoms with Gasteiger partial charge in [-0.25, -0.2) is 0 Å². The topological polar surface area (TPSA) is 22.0 Å². The van der Waals surface area contributed by atoms with Crippen LogP contribution in [0.4, 0.5) is 0 Å². The Balaban J connectivity index is 2.59. The van der Waals surface area contributed by atoms with Crippen molar-refractivity contribution >= 4 is 6.29 Å². The highest BCUT2D eigenvalue weighted by Crippen LogP contribution is 2.29. The SMILES string of the molecule is CCc1ccc(-c2c(C)c(C=O)c(C)n2C)cc1. The number of benzene rings is 1. The molecular formula is C16H19NO. The molecule has 0 spiro atoms. The van der Waals surface area contributed by atoms with E-state index in [2.05, 4.69) is 35.8 Å². The molecule has 0 N–H and O–H groups in total. The van der Waals surface area contributed by atoms with E-state index >= 15 is 0 Å². The van der Waals surface area contributed by atoms with Gasteiger partial charge in [-0.1, -0.05) is 31.2 Å². The molecule has 94 valence electrons. The van der Waals surface area contributed by atoms with E-state index in [1.54, 1.807) is 0 Å². The van der Waals surface area contributed by atoms with Gasteiger partial charge < -0.3 is 4.57 Å². The first-order valence-corrected chi connectivity index (χ1v) is 6.30. The first-order chi connectivity index (χ1) is 8.60. The maximum Gasteiger partial charge on any atom is 0.152 e. The Hall–Kier alpha value is -1.83. The van der Waals surface area contributed by atoms with Gasteiger partial charge in [0.05, 0.1) is 5.69 Å².